The molecule has 2 N–H and O–H groups in total. The molecule has 0 amide bonds. The number of rotatable bonds is 2. The Morgan fingerprint density at radius 3 is 2.83 bits per heavy atom. The summed E-state index contributed by atoms with van der Waals surface area (Å²) < 4.78 is 18.6. The van der Waals surface area contributed by atoms with Crippen LogP contribution in [0.3, 0.4) is 0 Å². The first-order valence-electron chi connectivity index (χ1n) is 5.61. The van der Waals surface area contributed by atoms with Gasteiger partial charge >= 0.3 is 0 Å². The molecule has 0 aliphatic rings. The predicted molar refractivity (Wildman–Crippen MR) is 67.6 cm³/mol. The highest BCUT2D eigenvalue weighted by molar-refractivity contribution is 5.72. The highest BCUT2D eigenvalue weighted by Gasteiger charge is 2.08. The summed E-state index contributed by atoms with van der Waals surface area (Å²) in [7, 11) is 0. The number of halogens is 1. The number of nitrogen functional groups attached to an aromatic ring is 1. The number of hydrogen-bond donors (Lipinski definition) is 1. The van der Waals surface area contributed by atoms with Gasteiger partial charge in [0.25, 0.3) is 0 Å². The molecule has 4 heteroatoms. The van der Waals surface area contributed by atoms with E-state index in [9.17, 15) is 4.39 Å². The molecule has 18 heavy (non-hydrogen) atoms. The average Bonchev–Trinajstić information content (AvgIpc) is 2.73. The van der Waals surface area contributed by atoms with Gasteiger partial charge < -0.3 is 10.2 Å². The minimum Gasteiger partial charge on any atom is -0.440 e. The quantitative estimate of drug-likeness (QED) is 0.702. The number of benzene rings is 2. The van der Waals surface area contributed by atoms with Crippen LogP contribution in [0.15, 0.2) is 46.9 Å². The van der Waals surface area contributed by atoms with E-state index < -0.39 is 0 Å². The number of fused-ring (bicyclic) bond motifs is 1. The number of aromatic nitrogens is 1. The number of para-hydroxylation sites is 1. The minimum atomic E-state index is -0.318. The lowest BCUT2D eigenvalue weighted by Gasteiger charge is -2.01. The molecule has 0 atom stereocenters. The SMILES string of the molecule is Nc1ccccc1Cc1nc2cc(F)ccc2o1. The van der Waals surface area contributed by atoms with Crippen molar-refractivity contribution >= 4 is 16.8 Å². The molecule has 0 aliphatic carbocycles. The summed E-state index contributed by atoms with van der Waals surface area (Å²) in [5, 5.41) is 0. The van der Waals surface area contributed by atoms with Crippen molar-refractivity contribution < 1.29 is 8.81 Å². The minimum absolute atomic E-state index is 0.318. The zero-order chi connectivity index (χ0) is 12.5. The van der Waals surface area contributed by atoms with Crippen LogP contribution in [0.25, 0.3) is 11.1 Å². The van der Waals surface area contributed by atoms with Crippen LogP contribution in [0.2, 0.25) is 0 Å². The van der Waals surface area contributed by atoms with Crippen LogP contribution in [0, 0.1) is 5.82 Å². The second kappa shape index (κ2) is 4.14. The van der Waals surface area contributed by atoms with E-state index in [1.807, 2.05) is 24.3 Å². The van der Waals surface area contributed by atoms with Crippen LogP contribution in [0.5, 0.6) is 0 Å². The van der Waals surface area contributed by atoms with E-state index in [4.69, 9.17) is 10.2 Å². The maximum absolute atomic E-state index is 13.0. The highest BCUT2D eigenvalue weighted by Crippen LogP contribution is 2.20. The molecule has 0 fully saturated rings. The zero-order valence-electron chi connectivity index (χ0n) is 9.56. The third-order valence-corrected chi connectivity index (χ3v) is 2.79. The lowest BCUT2D eigenvalue weighted by atomic mass is 10.1. The maximum Gasteiger partial charge on any atom is 0.199 e. The molecular formula is C14H11FN2O. The number of hydrogen-bond acceptors (Lipinski definition) is 3. The molecule has 3 nitrogen and oxygen atoms in total. The fourth-order valence-corrected chi connectivity index (χ4v) is 1.88. The Kier molecular flexibility index (Phi) is 2.48. The normalized spacial score (nSPS) is 10.9. The van der Waals surface area contributed by atoms with Crippen LogP contribution < -0.4 is 5.73 Å². The predicted octanol–water partition coefficient (Wildman–Crippen LogP) is 3.14. The van der Waals surface area contributed by atoms with E-state index in [2.05, 4.69) is 4.98 Å². The van der Waals surface area contributed by atoms with Gasteiger partial charge in [-0.15, -0.1) is 0 Å². The summed E-state index contributed by atoms with van der Waals surface area (Å²) in [6.45, 7) is 0. The Balaban J connectivity index is 1.98. The van der Waals surface area contributed by atoms with Gasteiger partial charge in [-0.3, -0.25) is 0 Å². The number of anilines is 1. The molecule has 0 unspecified atom stereocenters. The van der Waals surface area contributed by atoms with Crippen molar-refractivity contribution in [1.29, 1.82) is 0 Å². The summed E-state index contributed by atoms with van der Waals surface area (Å²) in [5.74, 6) is 0.218. The molecule has 0 bridgehead atoms. The van der Waals surface area contributed by atoms with Crippen molar-refractivity contribution in [3.8, 4) is 0 Å². The van der Waals surface area contributed by atoms with Gasteiger partial charge in [0.15, 0.2) is 11.5 Å². The Morgan fingerprint density at radius 2 is 2.00 bits per heavy atom. The molecule has 1 aromatic heterocycles. The van der Waals surface area contributed by atoms with Crippen LogP contribution >= 0.6 is 0 Å². The van der Waals surface area contributed by atoms with Crippen molar-refractivity contribution in [2.24, 2.45) is 0 Å². The molecule has 0 radical (unpaired) electrons. The first kappa shape index (κ1) is 10.8. The first-order valence-corrected chi connectivity index (χ1v) is 5.61. The van der Waals surface area contributed by atoms with E-state index in [1.54, 1.807) is 6.07 Å². The van der Waals surface area contributed by atoms with Crippen LogP contribution in [0.4, 0.5) is 10.1 Å². The van der Waals surface area contributed by atoms with Crippen molar-refractivity contribution in [2.45, 2.75) is 6.42 Å². The second-order valence-corrected chi connectivity index (χ2v) is 4.10. The molecular weight excluding hydrogens is 231 g/mol. The Hall–Kier alpha value is -2.36. The molecule has 1 heterocycles. The third-order valence-electron chi connectivity index (χ3n) is 2.79. The number of oxazole rings is 1. The van der Waals surface area contributed by atoms with E-state index in [-0.39, 0.29) is 5.82 Å². The molecule has 3 aromatic rings. The van der Waals surface area contributed by atoms with Gasteiger partial charge in [0, 0.05) is 11.8 Å². The standard InChI is InChI=1S/C14H11FN2O/c15-10-5-6-13-12(8-10)17-14(18-13)7-9-3-1-2-4-11(9)16/h1-6,8H,7,16H2. The highest BCUT2D eigenvalue weighted by atomic mass is 19.1. The number of nitrogens with zero attached hydrogens (tertiary/aromatic N) is 1. The molecule has 2 aromatic carbocycles. The summed E-state index contributed by atoms with van der Waals surface area (Å²) in [6, 6.07) is 11.8. The molecule has 3 rings (SSSR count). The summed E-state index contributed by atoms with van der Waals surface area (Å²) in [5.41, 5.74) is 8.62. The first-order chi connectivity index (χ1) is 8.72. The monoisotopic (exact) mass is 242 g/mol. The van der Waals surface area contributed by atoms with E-state index >= 15 is 0 Å². The Morgan fingerprint density at radius 1 is 1.17 bits per heavy atom. The lowest BCUT2D eigenvalue weighted by Crippen LogP contribution is -1.95. The second-order valence-electron chi connectivity index (χ2n) is 4.10. The Bertz CT molecular complexity index is 706. The van der Waals surface area contributed by atoms with Gasteiger partial charge in [-0.1, -0.05) is 18.2 Å². The molecule has 0 spiro atoms. The molecule has 0 saturated carbocycles. The Labute approximate surface area is 103 Å². The van der Waals surface area contributed by atoms with Gasteiger partial charge in [0.05, 0.1) is 6.42 Å². The smallest absolute Gasteiger partial charge is 0.199 e. The van der Waals surface area contributed by atoms with Gasteiger partial charge in [0.1, 0.15) is 11.3 Å². The zero-order valence-corrected chi connectivity index (χ0v) is 9.56. The maximum atomic E-state index is 13.0. The van der Waals surface area contributed by atoms with E-state index in [0.29, 0.717) is 29.1 Å². The summed E-state index contributed by atoms with van der Waals surface area (Å²) in [4.78, 5) is 4.25. The fourth-order valence-electron chi connectivity index (χ4n) is 1.88. The average molecular weight is 242 g/mol. The summed E-state index contributed by atoms with van der Waals surface area (Å²) in [6.07, 6.45) is 0.503. The van der Waals surface area contributed by atoms with Gasteiger partial charge in [-0.05, 0) is 23.8 Å². The van der Waals surface area contributed by atoms with E-state index in [1.165, 1.54) is 12.1 Å². The van der Waals surface area contributed by atoms with Crippen molar-refractivity contribution in [3.05, 3.63) is 59.7 Å². The van der Waals surface area contributed by atoms with Crippen LogP contribution in [-0.2, 0) is 6.42 Å². The van der Waals surface area contributed by atoms with E-state index in [0.717, 1.165) is 5.56 Å². The van der Waals surface area contributed by atoms with Crippen molar-refractivity contribution in [1.82, 2.24) is 4.98 Å². The van der Waals surface area contributed by atoms with Gasteiger partial charge in [-0.25, -0.2) is 9.37 Å². The fraction of sp³-hybridized carbons (Fsp3) is 0.0714. The largest absolute Gasteiger partial charge is 0.440 e. The third kappa shape index (κ3) is 1.93. The number of nitrogens with two attached hydrogens (primary N) is 1. The molecule has 0 saturated heterocycles. The molecule has 0 aliphatic heterocycles. The van der Waals surface area contributed by atoms with Crippen molar-refractivity contribution in [3.63, 3.8) is 0 Å². The lowest BCUT2D eigenvalue weighted by molar-refractivity contribution is 0.544. The van der Waals surface area contributed by atoms with Crippen LogP contribution in [-0.4, -0.2) is 4.98 Å². The summed E-state index contributed by atoms with van der Waals surface area (Å²) >= 11 is 0. The van der Waals surface area contributed by atoms with Gasteiger partial charge in [-0.2, -0.15) is 0 Å². The molecule has 90 valence electrons. The van der Waals surface area contributed by atoms with Crippen molar-refractivity contribution in [2.75, 3.05) is 5.73 Å². The van der Waals surface area contributed by atoms with Gasteiger partial charge in [0.2, 0.25) is 0 Å². The van der Waals surface area contributed by atoms with Crippen LogP contribution in [0.1, 0.15) is 11.5 Å². The topological polar surface area (TPSA) is 52.0 Å².